The van der Waals surface area contributed by atoms with Crippen molar-refractivity contribution in [2.75, 3.05) is 13.1 Å². The van der Waals surface area contributed by atoms with Crippen LogP contribution in [0.4, 0.5) is 0 Å². The highest BCUT2D eigenvalue weighted by atomic mass is 16.2. The molecular formula is C12H24N2O. The molecule has 2 N–H and O–H groups in total. The Balaban J connectivity index is 2.26. The minimum Gasteiger partial charge on any atom is -0.343 e. The summed E-state index contributed by atoms with van der Waals surface area (Å²) in [4.78, 5) is 13.8. The predicted octanol–water partition coefficient (Wildman–Crippen LogP) is 1.91. The van der Waals surface area contributed by atoms with Crippen LogP contribution < -0.4 is 5.73 Å². The van der Waals surface area contributed by atoms with Crippen LogP contribution in [0, 0.1) is 0 Å². The lowest BCUT2D eigenvalue weighted by Crippen LogP contribution is -2.34. The molecule has 0 radical (unpaired) electrons. The van der Waals surface area contributed by atoms with Gasteiger partial charge in [-0.1, -0.05) is 12.8 Å². The van der Waals surface area contributed by atoms with E-state index in [1.807, 2.05) is 11.8 Å². The molecule has 0 aromatic carbocycles. The lowest BCUT2D eigenvalue weighted by atomic mass is 10.1. The Morgan fingerprint density at radius 3 is 2.80 bits per heavy atom. The van der Waals surface area contributed by atoms with Gasteiger partial charge in [0.1, 0.15) is 0 Å². The third kappa shape index (κ3) is 5.17. The van der Waals surface area contributed by atoms with Crippen LogP contribution in [0.1, 0.15) is 51.9 Å². The maximum absolute atomic E-state index is 11.7. The summed E-state index contributed by atoms with van der Waals surface area (Å²) in [5.41, 5.74) is 5.70. The molecule has 0 bridgehead atoms. The average molecular weight is 212 g/mol. The summed E-state index contributed by atoms with van der Waals surface area (Å²) in [6.45, 7) is 3.88. The Morgan fingerprint density at radius 1 is 1.33 bits per heavy atom. The molecule has 1 fully saturated rings. The van der Waals surface area contributed by atoms with E-state index in [0.29, 0.717) is 5.91 Å². The lowest BCUT2D eigenvalue weighted by molar-refractivity contribution is -0.131. The largest absolute Gasteiger partial charge is 0.343 e. The van der Waals surface area contributed by atoms with Gasteiger partial charge in [0.15, 0.2) is 0 Å². The molecule has 88 valence electrons. The van der Waals surface area contributed by atoms with E-state index in [4.69, 9.17) is 5.73 Å². The monoisotopic (exact) mass is 212 g/mol. The first-order valence-corrected chi connectivity index (χ1v) is 6.23. The molecule has 1 heterocycles. The predicted molar refractivity (Wildman–Crippen MR) is 62.5 cm³/mol. The van der Waals surface area contributed by atoms with Crippen molar-refractivity contribution in [3.63, 3.8) is 0 Å². The molecule has 1 saturated heterocycles. The number of nitrogens with two attached hydrogens (primary N) is 1. The normalized spacial score (nSPS) is 20.9. The third-order valence-corrected chi connectivity index (χ3v) is 3.01. The van der Waals surface area contributed by atoms with Crippen LogP contribution in [0.15, 0.2) is 0 Å². The molecule has 1 aliphatic rings. The van der Waals surface area contributed by atoms with Crippen molar-refractivity contribution in [3.05, 3.63) is 0 Å². The number of carbonyl (C=O) groups is 1. The highest BCUT2D eigenvalue weighted by molar-refractivity contribution is 5.76. The van der Waals surface area contributed by atoms with Crippen LogP contribution in [-0.4, -0.2) is 29.9 Å². The maximum Gasteiger partial charge on any atom is 0.222 e. The maximum atomic E-state index is 11.7. The van der Waals surface area contributed by atoms with Gasteiger partial charge in [0.2, 0.25) is 5.91 Å². The zero-order valence-electron chi connectivity index (χ0n) is 9.87. The van der Waals surface area contributed by atoms with Crippen molar-refractivity contribution in [3.8, 4) is 0 Å². The number of hydrogen-bond donors (Lipinski definition) is 1. The number of likely N-dealkylation sites (tertiary alicyclic amines) is 1. The minimum atomic E-state index is 0.259. The Kier molecular flexibility index (Phi) is 5.69. The first kappa shape index (κ1) is 12.5. The van der Waals surface area contributed by atoms with E-state index < -0.39 is 0 Å². The Bertz CT molecular complexity index is 192. The Labute approximate surface area is 93.0 Å². The van der Waals surface area contributed by atoms with Crippen LogP contribution in [0.25, 0.3) is 0 Å². The molecule has 1 amide bonds. The lowest BCUT2D eigenvalue weighted by Gasteiger charge is -2.25. The molecule has 0 aromatic heterocycles. The second-order valence-electron chi connectivity index (χ2n) is 4.66. The van der Waals surface area contributed by atoms with Crippen molar-refractivity contribution < 1.29 is 4.79 Å². The van der Waals surface area contributed by atoms with Crippen molar-refractivity contribution in [2.45, 2.75) is 57.9 Å². The molecule has 0 saturated carbocycles. The van der Waals surface area contributed by atoms with Crippen LogP contribution >= 0.6 is 0 Å². The molecule has 3 heteroatoms. The summed E-state index contributed by atoms with van der Waals surface area (Å²) in [5.74, 6) is 0.347. The first-order chi connectivity index (χ1) is 7.20. The molecule has 0 aromatic rings. The molecule has 1 unspecified atom stereocenters. The summed E-state index contributed by atoms with van der Waals surface area (Å²) in [7, 11) is 0. The smallest absolute Gasteiger partial charge is 0.222 e. The molecular weight excluding hydrogens is 188 g/mol. The SMILES string of the molecule is CC(N)CCCN1CCCCCCC1=O. The molecule has 1 atom stereocenters. The van der Waals surface area contributed by atoms with Crippen molar-refractivity contribution in [1.82, 2.24) is 4.90 Å². The summed E-state index contributed by atoms with van der Waals surface area (Å²) in [6.07, 6.45) is 7.55. The van der Waals surface area contributed by atoms with Crippen LogP contribution in [0.3, 0.4) is 0 Å². The second kappa shape index (κ2) is 6.83. The quantitative estimate of drug-likeness (QED) is 0.773. The van der Waals surface area contributed by atoms with Crippen molar-refractivity contribution in [2.24, 2.45) is 5.73 Å². The fraction of sp³-hybridized carbons (Fsp3) is 0.917. The van der Waals surface area contributed by atoms with Crippen molar-refractivity contribution in [1.29, 1.82) is 0 Å². The highest BCUT2D eigenvalue weighted by Crippen LogP contribution is 2.12. The van der Waals surface area contributed by atoms with Gasteiger partial charge >= 0.3 is 0 Å². The number of rotatable bonds is 4. The molecule has 0 aliphatic carbocycles. The standard InChI is InChI=1S/C12H24N2O/c1-11(13)7-6-10-14-9-5-3-2-4-8-12(14)15/h11H,2-10,13H2,1H3. The van der Waals surface area contributed by atoms with Gasteiger partial charge in [0, 0.05) is 25.6 Å². The van der Waals surface area contributed by atoms with E-state index in [2.05, 4.69) is 0 Å². The number of nitrogens with zero attached hydrogens (tertiary/aromatic N) is 1. The van der Waals surface area contributed by atoms with Crippen molar-refractivity contribution >= 4 is 5.91 Å². The van der Waals surface area contributed by atoms with E-state index in [1.165, 1.54) is 19.3 Å². The van der Waals surface area contributed by atoms with E-state index in [0.717, 1.165) is 38.8 Å². The Morgan fingerprint density at radius 2 is 2.07 bits per heavy atom. The highest BCUT2D eigenvalue weighted by Gasteiger charge is 2.14. The van der Waals surface area contributed by atoms with Gasteiger partial charge in [0.25, 0.3) is 0 Å². The number of amides is 1. The van der Waals surface area contributed by atoms with Crippen LogP contribution in [0.5, 0.6) is 0 Å². The summed E-state index contributed by atoms with van der Waals surface area (Å²) in [6, 6.07) is 0.259. The fourth-order valence-corrected chi connectivity index (χ4v) is 2.06. The van der Waals surface area contributed by atoms with Gasteiger partial charge in [-0.3, -0.25) is 4.79 Å². The van der Waals surface area contributed by atoms with Gasteiger partial charge in [-0.2, -0.15) is 0 Å². The van der Waals surface area contributed by atoms with Gasteiger partial charge in [-0.05, 0) is 32.6 Å². The van der Waals surface area contributed by atoms with Crippen LogP contribution in [0.2, 0.25) is 0 Å². The third-order valence-electron chi connectivity index (χ3n) is 3.01. The number of carbonyl (C=O) groups excluding carboxylic acids is 1. The number of hydrogen-bond acceptors (Lipinski definition) is 2. The molecule has 1 rings (SSSR count). The molecule has 0 spiro atoms. The zero-order chi connectivity index (χ0) is 11.1. The summed E-state index contributed by atoms with van der Waals surface area (Å²) in [5, 5.41) is 0. The summed E-state index contributed by atoms with van der Waals surface area (Å²) >= 11 is 0. The average Bonchev–Trinajstić information content (AvgIpc) is 2.16. The van der Waals surface area contributed by atoms with Gasteiger partial charge in [-0.25, -0.2) is 0 Å². The van der Waals surface area contributed by atoms with E-state index in [-0.39, 0.29) is 6.04 Å². The fourth-order valence-electron chi connectivity index (χ4n) is 2.06. The van der Waals surface area contributed by atoms with E-state index in [9.17, 15) is 4.79 Å². The van der Waals surface area contributed by atoms with Gasteiger partial charge in [-0.15, -0.1) is 0 Å². The zero-order valence-corrected chi connectivity index (χ0v) is 9.87. The molecule has 15 heavy (non-hydrogen) atoms. The summed E-state index contributed by atoms with van der Waals surface area (Å²) < 4.78 is 0. The minimum absolute atomic E-state index is 0.259. The van der Waals surface area contributed by atoms with E-state index in [1.54, 1.807) is 0 Å². The van der Waals surface area contributed by atoms with Crippen LogP contribution in [-0.2, 0) is 4.79 Å². The first-order valence-electron chi connectivity index (χ1n) is 6.23. The van der Waals surface area contributed by atoms with Gasteiger partial charge in [0.05, 0.1) is 0 Å². The Hall–Kier alpha value is -0.570. The topological polar surface area (TPSA) is 46.3 Å². The van der Waals surface area contributed by atoms with E-state index >= 15 is 0 Å². The second-order valence-corrected chi connectivity index (χ2v) is 4.66. The molecule has 1 aliphatic heterocycles. The van der Waals surface area contributed by atoms with Gasteiger partial charge < -0.3 is 10.6 Å². The molecule has 3 nitrogen and oxygen atoms in total.